The highest BCUT2D eigenvalue weighted by molar-refractivity contribution is 7.99. The van der Waals surface area contributed by atoms with Gasteiger partial charge in [0.15, 0.2) is 5.16 Å². The van der Waals surface area contributed by atoms with Crippen LogP contribution in [0.2, 0.25) is 0 Å². The minimum atomic E-state index is 0.718. The molecule has 1 heterocycles. The lowest BCUT2D eigenvalue weighted by Gasteiger charge is -2.08. The maximum absolute atomic E-state index is 5.23. The van der Waals surface area contributed by atoms with Gasteiger partial charge in [0.1, 0.15) is 5.75 Å². The number of hydrogen-bond acceptors (Lipinski definition) is 4. The summed E-state index contributed by atoms with van der Waals surface area (Å²) in [5, 5.41) is 0.959. The number of nitrogens with zero attached hydrogens (tertiary/aromatic N) is 2. The molecule has 0 aliphatic carbocycles. The Bertz CT molecular complexity index is 499. The van der Waals surface area contributed by atoms with Crippen molar-refractivity contribution in [2.45, 2.75) is 5.16 Å². The van der Waals surface area contributed by atoms with Crippen LogP contribution in [0.3, 0.4) is 0 Å². The molecule has 0 fully saturated rings. The standard InChI is InChI=1S/C13H16N2O2S/c1-16-8-9-18-13-14-6-7-15(13)11-4-3-5-12(10-11)17-2/h3-7,10H,8-9H2,1-2H3. The molecule has 0 aliphatic heterocycles. The van der Waals surface area contributed by atoms with Crippen LogP contribution in [0.15, 0.2) is 41.8 Å². The Hall–Kier alpha value is -1.46. The van der Waals surface area contributed by atoms with E-state index >= 15 is 0 Å². The van der Waals surface area contributed by atoms with E-state index in [0.29, 0.717) is 0 Å². The minimum absolute atomic E-state index is 0.718. The quantitative estimate of drug-likeness (QED) is 0.593. The van der Waals surface area contributed by atoms with Crippen molar-refractivity contribution >= 4 is 11.8 Å². The summed E-state index contributed by atoms with van der Waals surface area (Å²) >= 11 is 1.67. The van der Waals surface area contributed by atoms with E-state index in [1.54, 1.807) is 32.2 Å². The highest BCUT2D eigenvalue weighted by atomic mass is 32.2. The van der Waals surface area contributed by atoms with E-state index in [2.05, 4.69) is 4.98 Å². The molecule has 1 aromatic carbocycles. The molecule has 4 nitrogen and oxygen atoms in total. The van der Waals surface area contributed by atoms with Gasteiger partial charge in [-0.25, -0.2) is 4.98 Å². The van der Waals surface area contributed by atoms with Crippen molar-refractivity contribution in [1.29, 1.82) is 0 Å². The van der Waals surface area contributed by atoms with Crippen molar-refractivity contribution in [3.8, 4) is 11.4 Å². The summed E-state index contributed by atoms with van der Waals surface area (Å²) in [6.07, 6.45) is 3.75. The normalized spacial score (nSPS) is 10.6. The highest BCUT2D eigenvalue weighted by Crippen LogP contribution is 2.22. The Morgan fingerprint density at radius 2 is 2.22 bits per heavy atom. The van der Waals surface area contributed by atoms with E-state index in [-0.39, 0.29) is 0 Å². The van der Waals surface area contributed by atoms with Crippen LogP contribution < -0.4 is 4.74 Å². The molecule has 0 unspecified atom stereocenters. The van der Waals surface area contributed by atoms with Crippen molar-refractivity contribution in [1.82, 2.24) is 9.55 Å². The van der Waals surface area contributed by atoms with Crippen LogP contribution in [0.5, 0.6) is 5.75 Å². The molecule has 18 heavy (non-hydrogen) atoms. The summed E-state index contributed by atoms with van der Waals surface area (Å²) in [5.41, 5.74) is 1.05. The lowest BCUT2D eigenvalue weighted by atomic mass is 10.3. The van der Waals surface area contributed by atoms with Gasteiger partial charge in [-0.15, -0.1) is 0 Å². The van der Waals surface area contributed by atoms with E-state index in [1.807, 2.05) is 35.0 Å². The third-order valence-electron chi connectivity index (χ3n) is 2.46. The molecule has 0 aliphatic rings. The van der Waals surface area contributed by atoms with Crippen molar-refractivity contribution in [3.05, 3.63) is 36.7 Å². The fourth-order valence-electron chi connectivity index (χ4n) is 1.57. The molecular formula is C13H16N2O2S. The molecule has 0 saturated carbocycles. The van der Waals surface area contributed by atoms with Crippen LogP contribution in [0.1, 0.15) is 0 Å². The molecule has 5 heteroatoms. The van der Waals surface area contributed by atoms with E-state index in [9.17, 15) is 0 Å². The highest BCUT2D eigenvalue weighted by Gasteiger charge is 2.06. The van der Waals surface area contributed by atoms with Gasteiger partial charge in [0.25, 0.3) is 0 Å². The average molecular weight is 264 g/mol. The van der Waals surface area contributed by atoms with Gasteiger partial charge >= 0.3 is 0 Å². The van der Waals surface area contributed by atoms with Gasteiger partial charge in [-0.1, -0.05) is 17.8 Å². The maximum atomic E-state index is 5.23. The van der Waals surface area contributed by atoms with Gasteiger partial charge in [0.2, 0.25) is 0 Å². The molecular weight excluding hydrogens is 248 g/mol. The molecule has 96 valence electrons. The zero-order valence-corrected chi connectivity index (χ0v) is 11.3. The van der Waals surface area contributed by atoms with Crippen LogP contribution in [-0.4, -0.2) is 36.1 Å². The third-order valence-corrected chi connectivity index (χ3v) is 3.39. The fourth-order valence-corrected chi connectivity index (χ4v) is 2.44. The summed E-state index contributed by atoms with van der Waals surface area (Å²) in [7, 11) is 3.37. The molecule has 0 N–H and O–H groups in total. The molecule has 0 radical (unpaired) electrons. The largest absolute Gasteiger partial charge is 0.497 e. The predicted molar refractivity (Wildman–Crippen MR) is 72.7 cm³/mol. The number of thioether (sulfide) groups is 1. The van der Waals surface area contributed by atoms with Crippen LogP contribution in [0.4, 0.5) is 0 Å². The molecule has 0 spiro atoms. The molecule has 0 amide bonds. The lowest BCUT2D eigenvalue weighted by molar-refractivity contribution is 0.218. The number of aromatic nitrogens is 2. The van der Waals surface area contributed by atoms with Gasteiger partial charge in [-0.2, -0.15) is 0 Å². The summed E-state index contributed by atoms with van der Waals surface area (Å²) < 4.78 is 12.3. The second-order valence-electron chi connectivity index (χ2n) is 3.62. The van der Waals surface area contributed by atoms with Gasteiger partial charge in [-0.05, 0) is 12.1 Å². The monoisotopic (exact) mass is 264 g/mol. The number of methoxy groups -OCH3 is 2. The predicted octanol–water partition coefficient (Wildman–Crippen LogP) is 2.62. The van der Waals surface area contributed by atoms with Gasteiger partial charge in [0, 0.05) is 31.3 Å². The van der Waals surface area contributed by atoms with Gasteiger partial charge in [-0.3, -0.25) is 4.57 Å². The van der Waals surface area contributed by atoms with Gasteiger partial charge in [0.05, 0.1) is 19.4 Å². The first kappa shape index (κ1) is 13.0. The smallest absolute Gasteiger partial charge is 0.172 e. The fraction of sp³-hybridized carbons (Fsp3) is 0.308. The Labute approximate surface area is 111 Å². The van der Waals surface area contributed by atoms with E-state index in [4.69, 9.17) is 9.47 Å². The third kappa shape index (κ3) is 3.05. The van der Waals surface area contributed by atoms with Crippen LogP contribution in [0, 0.1) is 0 Å². The first-order valence-corrected chi connectivity index (χ1v) is 6.63. The Balaban J connectivity index is 2.19. The lowest BCUT2D eigenvalue weighted by Crippen LogP contribution is -1.98. The summed E-state index contributed by atoms with van der Waals surface area (Å²) in [6, 6.07) is 7.92. The Morgan fingerprint density at radius 3 is 3.00 bits per heavy atom. The van der Waals surface area contributed by atoms with Crippen LogP contribution in [0.25, 0.3) is 5.69 Å². The van der Waals surface area contributed by atoms with Crippen LogP contribution >= 0.6 is 11.8 Å². The van der Waals surface area contributed by atoms with Crippen molar-refractivity contribution in [2.75, 3.05) is 26.6 Å². The summed E-state index contributed by atoms with van der Waals surface area (Å²) in [5.74, 6) is 1.73. The number of rotatable bonds is 6. The molecule has 2 rings (SSSR count). The zero-order valence-electron chi connectivity index (χ0n) is 10.5. The van der Waals surface area contributed by atoms with Crippen molar-refractivity contribution in [2.24, 2.45) is 0 Å². The van der Waals surface area contributed by atoms with E-state index in [0.717, 1.165) is 29.0 Å². The Morgan fingerprint density at radius 1 is 1.33 bits per heavy atom. The molecule has 1 aromatic heterocycles. The number of ether oxygens (including phenoxy) is 2. The number of benzene rings is 1. The summed E-state index contributed by atoms with van der Waals surface area (Å²) in [4.78, 5) is 4.35. The molecule has 2 aromatic rings. The second kappa shape index (κ2) is 6.47. The number of imidazole rings is 1. The number of hydrogen-bond donors (Lipinski definition) is 0. The molecule has 0 atom stereocenters. The van der Waals surface area contributed by atoms with E-state index < -0.39 is 0 Å². The first-order chi connectivity index (χ1) is 8.85. The summed E-state index contributed by atoms with van der Waals surface area (Å²) in [6.45, 7) is 0.718. The topological polar surface area (TPSA) is 36.3 Å². The maximum Gasteiger partial charge on any atom is 0.172 e. The Kier molecular flexibility index (Phi) is 4.66. The van der Waals surface area contributed by atoms with E-state index in [1.165, 1.54) is 0 Å². The molecule has 0 bridgehead atoms. The van der Waals surface area contributed by atoms with Crippen LogP contribution in [-0.2, 0) is 4.74 Å². The SMILES string of the molecule is COCCSc1nccn1-c1cccc(OC)c1. The van der Waals surface area contributed by atoms with Crippen molar-refractivity contribution < 1.29 is 9.47 Å². The van der Waals surface area contributed by atoms with Gasteiger partial charge < -0.3 is 9.47 Å². The molecule has 0 saturated heterocycles. The van der Waals surface area contributed by atoms with Crippen molar-refractivity contribution in [3.63, 3.8) is 0 Å². The first-order valence-electron chi connectivity index (χ1n) is 5.64. The average Bonchev–Trinajstić information content (AvgIpc) is 2.87. The zero-order chi connectivity index (χ0) is 12.8. The minimum Gasteiger partial charge on any atom is -0.497 e. The second-order valence-corrected chi connectivity index (χ2v) is 4.68.